The third-order valence-electron chi connectivity index (χ3n) is 1.44. The van der Waals surface area contributed by atoms with Crippen molar-refractivity contribution in [2.45, 2.75) is 0 Å². The van der Waals surface area contributed by atoms with E-state index in [9.17, 15) is 4.39 Å². The number of halogens is 2. The van der Waals surface area contributed by atoms with E-state index in [1.165, 1.54) is 6.07 Å². The summed E-state index contributed by atoms with van der Waals surface area (Å²) in [6.07, 6.45) is 0. The van der Waals surface area contributed by atoms with E-state index in [-0.39, 0.29) is 5.02 Å². The lowest BCUT2D eigenvalue weighted by Gasteiger charge is -1.95. The van der Waals surface area contributed by atoms with Crippen molar-refractivity contribution in [3.05, 3.63) is 34.6 Å². The summed E-state index contributed by atoms with van der Waals surface area (Å²) in [4.78, 5) is 0. The Morgan fingerprint density at radius 2 is 2.31 bits per heavy atom. The average Bonchev–Trinajstić information content (AvgIpc) is 2.13. The second kappa shape index (κ2) is 4.86. The van der Waals surface area contributed by atoms with E-state index in [1.54, 1.807) is 19.2 Å². The van der Waals surface area contributed by atoms with E-state index < -0.39 is 5.82 Å². The maximum absolute atomic E-state index is 12.9. The van der Waals surface area contributed by atoms with Crippen molar-refractivity contribution in [3.8, 4) is 11.8 Å². The molecule has 0 aliphatic carbocycles. The number of rotatable bonds is 1. The van der Waals surface area contributed by atoms with Crippen molar-refractivity contribution in [1.29, 1.82) is 0 Å². The fourth-order valence-electron chi connectivity index (χ4n) is 0.828. The topological polar surface area (TPSA) is 12.0 Å². The van der Waals surface area contributed by atoms with Gasteiger partial charge >= 0.3 is 0 Å². The Labute approximate surface area is 81.9 Å². The summed E-state index contributed by atoms with van der Waals surface area (Å²) < 4.78 is 12.9. The summed E-state index contributed by atoms with van der Waals surface area (Å²) in [6.45, 7) is 0.562. The Bertz CT molecular complexity index is 352. The van der Waals surface area contributed by atoms with Gasteiger partial charge in [0, 0.05) is 5.56 Å². The molecule has 0 unspecified atom stereocenters. The highest BCUT2D eigenvalue weighted by atomic mass is 35.5. The van der Waals surface area contributed by atoms with Gasteiger partial charge in [-0.05, 0) is 19.2 Å². The molecule has 68 valence electrons. The molecule has 3 heteroatoms. The highest BCUT2D eigenvalue weighted by Crippen LogP contribution is 2.18. The monoisotopic (exact) mass is 197 g/mol. The van der Waals surface area contributed by atoms with Gasteiger partial charge in [0.2, 0.25) is 0 Å². The summed E-state index contributed by atoms with van der Waals surface area (Å²) >= 11 is 5.67. The van der Waals surface area contributed by atoms with Crippen molar-refractivity contribution < 1.29 is 4.39 Å². The molecule has 0 fully saturated rings. The Morgan fingerprint density at radius 3 is 3.00 bits per heavy atom. The van der Waals surface area contributed by atoms with Gasteiger partial charge < -0.3 is 5.32 Å². The van der Waals surface area contributed by atoms with Gasteiger partial charge in [-0.2, -0.15) is 0 Å². The predicted molar refractivity (Wildman–Crippen MR) is 52.2 cm³/mol. The molecule has 0 heterocycles. The van der Waals surface area contributed by atoms with Crippen LogP contribution in [0.3, 0.4) is 0 Å². The zero-order valence-electron chi connectivity index (χ0n) is 7.20. The highest BCUT2D eigenvalue weighted by molar-refractivity contribution is 6.31. The minimum atomic E-state index is -0.432. The maximum atomic E-state index is 12.9. The molecule has 0 bridgehead atoms. The minimum absolute atomic E-state index is 0.0890. The van der Waals surface area contributed by atoms with E-state index in [4.69, 9.17) is 11.6 Å². The molecule has 0 radical (unpaired) electrons. The van der Waals surface area contributed by atoms with Gasteiger partial charge in [-0.15, -0.1) is 0 Å². The second-order valence-electron chi connectivity index (χ2n) is 2.43. The molecule has 0 spiro atoms. The fourth-order valence-corrected chi connectivity index (χ4v) is 1.00. The predicted octanol–water partition coefficient (Wildman–Crippen LogP) is 2.05. The molecule has 13 heavy (non-hydrogen) atoms. The van der Waals surface area contributed by atoms with Gasteiger partial charge in [0.1, 0.15) is 5.82 Å². The van der Waals surface area contributed by atoms with Crippen LogP contribution in [0.5, 0.6) is 0 Å². The first-order chi connectivity index (χ1) is 6.25. The average molecular weight is 198 g/mol. The number of hydrogen-bond acceptors (Lipinski definition) is 1. The molecule has 0 aromatic heterocycles. The summed E-state index contributed by atoms with van der Waals surface area (Å²) in [6, 6.07) is 4.59. The third kappa shape index (κ3) is 2.73. The Balaban J connectivity index is 2.91. The van der Waals surface area contributed by atoms with Crippen molar-refractivity contribution in [2.75, 3.05) is 13.6 Å². The molecule has 1 aromatic carbocycles. The zero-order valence-corrected chi connectivity index (χ0v) is 7.95. The van der Waals surface area contributed by atoms with Gasteiger partial charge in [0.15, 0.2) is 0 Å². The first-order valence-corrected chi connectivity index (χ1v) is 4.21. The summed E-state index contributed by atoms with van der Waals surface area (Å²) in [5.74, 6) is 5.14. The molecule has 1 nitrogen and oxygen atoms in total. The summed E-state index contributed by atoms with van der Waals surface area (Å²) in [5.41, 5.74) is 0.525. The second-order valence-corrected chi connectivity index (χ2v) is 2.81. The molecule has 0 saturated carbocycles. The minimum Gasteiger partial charge on any atom is -0.309 e. The zero-order chi connectivity index (χ0) is 9.68. The lowest BCUT2D eigenvalue weighted by Crippen LogP contribution is -2.04. The number of nitrogens with one attached hydrogen (secondary N) is 1. The molecule has 0 aliphatic rings. The molecule has 0 amide bonds. The lowest BCUT2D eigenvalue weighted by molar-refractivity contribution is 0.628. The third-order valence-corrected chi connectivity index (χ3v) is 1.82. The van der Waals surface area contributed by atoms with E-state index in [0.29, 0.717) is 12.1 Å². The summed E-state index contributed by atoms with van der Waals surface area (Å²) in [5, 5.41) is 2.95. The quantitative estimate of drug-likeness (QED) is 0.680. The molecule has 0 aliphatic heterocycles. The number of hydrogen-bond donors (Lipinski definition) is 1. The molecule has 1 N–H and O–H groups in total. The molecule has 0 saturated heterocycles. The van der Waals surface area contributed by atoms with E-state index in [0.717, 1.165) is 0 Å². The van der Waals surface area contributed by atoms with Crippen LogP contribution in [0.4, 0.5) is 4.39 Å². The maximum Gasteiger partial charge on any atom is 0.143 e. The van der Waals surface area contributed by atoms with Crippen LogP contribution in [-0.4, -0.2) is 13.6 Å². The summed E-state index contributed by atoms with van der Waals surface area (Å²) in [7, 11) is 1.79. The van der Waals surface area contributed by atoms with Crippen LogP contribution in [0.1, 0.15) is 5.56 Å². The molecule has 1 rings (SSSR count). The normalized spacial score (nSPS) is 9.15. The first kappa shape index (κ1) is 10.0. The SMILES string of the molecule is CNCC#Cc1cccc(F)c1Cl. The van der Waals surface area contributed by atoms with Crippen molar-refractivity contribution >= 4 is 11.6 Å². The standard InChI is InChI=1S/C10H9ClFN/c1-13-7-3-5-8-4-2-6-9(12)10(8)11/h2,4,6,13H,7H2,1H3. The molecule has 1 aromatic rings. The van der Waals surface area contributed by atoms with Crippen LogP contribution in [-0.2, 0) is 0 Å². The van der Waals surface area contributed by atoms with Crippen LogP contribution in [0.25, 0.3) is 0 Å². The Morgan fingerprint density at radius 1 is 1.54 bits per heavy atom. The molecule has 0 atom stereocenters. The lowest BCUT2D eigenvalue weighted by atomic mass is 10.2. The Kier molecular flexibility index (Phi) is 3.75. The smallest absolute Gasteiger partial charge is 0.143 e. The number of benzene rings is 1. The largest absolute Gasteiger partial charge is 0.309 e. The first-order valence-electron chi connectivity index (χ1n) is 3.83. The van der Waals surface area contributed by atoms with Crippen LogP contribution < -0.4 is 5.32 Å². The van der Waals surface area contributed by atoms with Gasteiger partial charge in [-0.1, -0.05) is 29.5 Å². The van der Waals surface area contributed by atoms with Gasteiger partial charge in [-0.3, -0.25) is 0 Å². The van der Waals surface area contributed by atoms with Gasteiger partial charge in [-0.25, -0.2) is 4.39 Å². The van der Waals surface area contributed by atoms with Crippen molar-refractivity contribution in [2.24, 2.45) is 0 Å². The molecular formula is C10H9ClFN. The van der Waals surface area contributed by atoms with Crippen LogP contribution in [0.2, 0.25) is 5.02 Å². The Hall–Kier alpha value is -1.04. The van der Waals surface area contributed by atoms with E-state index in [2.05, 4.69) is 17.2 Å². The van der Waals surface area contributed by atoms with Gasteiger partial charge in [0.05, 0.1) is 11.6 Å². The molecular weight excluding hydrogens is 189 g/mol. The van der Waals surface area contributed by atoms with Crippen LogP contribution >= 0.6 is 11.6 Å². The van der Waals surface area contributed by atoms with Crippen LogP contribution in [0.15, 0.2) is 18.2 Å². The van der Waals surface area contributed by atoms with Gasteiger partial charge in [0.25, 0.3) is 0 Å². The van der Waals surface area contributed by atoms with Crippen molar-refractivity contribution in [1.82, 2.24) is 5.32 Å². The highest BCUT2D eigenvalue weighted by Gasteiger charge is 2.01. The van der Waals surface area contributed by atoms with E-state index >= 15 is 0 Å². The van der Waals surface area contributed by atoms with Crippen molar-refractivity contribution in [3.63, 3.8) is 0 Å². The van der Waals surface area contributed by atoms with E-state index in [1.807, 2.05) is 0 Å². The fraction of sp³-hybridized carbons (Fsp3) is 0.200. The van der Waals surface area contributed by atoms with Crippen LogP contribution in [0, 0.1) is 17.7 Å².